The van der Waals surface area contributed by atoms with E-state index in [0.29, 0.717) is 31.5 Å². The number of hydrogen-bond acceptors (Lipinski definition) is 3. The number of rotatable bonds is 9. The molecule has 1 heterocycles. The van der Waals surface area contributed by atoms with Gasteiger partial charge in [0.25, 0.3) is 5.91 Å². The highest BCUT2D eigenvalue weighted by Gasteiger charge is 2.35. The smallest absolute Gasteiger partial charge is 0.308 e. The van der Waals surface area contributed by atoms with E-state index in [-0.39, 0.29) is 17.9 Å². The summed E-state index contributed by atoms with van der Waals surface area (Å²) >= 11 is 0. The first kappa shape index (κ1) is 20.0. The second-order valence-corrected chi connectivity index (χ2v) is 6.84. The number of hydrogen-bond donors (Lipinski definition) is 3. The molecule has 1 aliphatic rings. The molecule has 1 aliphatic carbocycles. The highest BCUT2D eigenvalue weighted by molar-refractivity contribution is 5.96. The molecule has 2 rings (SSSR count). The minimum absolute atomic E-state index is 0.283. The van der Waals surface area contributed by atoms with Crippen LogP contribution in [0.5, 0.6) is 0 Å². The van der Waals surface area contributed by atoms with Crippen molar-refractivity contribution in [3.05, 3.63) is 24.0 Å². The molecule has 3 atom stereocenters. The fourth-order valence-corrected chi connectivity index (χ4v) is 3.52. The third-order valence-corrected chi connectivity index (χ3v) is 5.03. The Balaban J connectivity index is 2.04. The van der Waals surface area contributed by atoms with Gasteiger partial charge in [-0.2, -0.15) is 0 Å². The Labute approximate surface area is 154 Å². The standard InChI is InChI=1S/C19H29N3O4/c1-3-5-9-15(21-18(24)16-11-7-12-22(16)4-2)17(23)20-14-10-6-8-13(14)19(25)26/h7,11-15H,3-6,8-10H2,1-2H3,(H,20,23)(H,21,24)(H,25,26)/t13-,14+,15+/m1/s1. The second kappa shape index (κ2) is 9.40. The number of aryl methyl sites for hydroxylation is 1. The summed E-state index contributed by atoms with van der Waals surface area (Å²) in [5.41, 5.74) is 0.520. The lowest BCUT2D eigenvalue weighted by atomic mass is 10.0. The molecule has 1 saturated carbocycles. The molecule has 1 fully saturated rings. The van der Waals surface area contributed by atoms with Gasteiger partial charge in [-0.1, -0.05) is 26.2 Å². The summed E-state index contributed by atoms with van der Waals surface area (Å²) in [6.07, 6.45) is 6.10. The maximum absolute atomic E-state index is 12.7. The van der Waals surface area contributed by atoms with Crippen molar-refractivity contribution in [1.82, 2.24) is 15.2 Å². The lowest BCUT2D eigenvalue weighted by Crippen LogP contribution is -2.51. The van der Waals surface area contributed by atoms with Gasteiger partial charge in [0.15, 0.2) is 0 Å². The van der Waals surface area contributed by atoms with Gasteiger partial charge in [-0.05, 0) is 38.3 Å². The lowest BCUT2D eigenvalue weighted by molar-refractivity contribution is -0.142. The van der Waals surface area contributed by atoms with Crippen molar-refractivity contribution in [1.29, 1.82) is 0 Å². The molecule has 0 spiro atoms. The molecule has 0 unspecified atom stereocenters. The summed E-state index contributed by atoms with van der Waals surface area (Å²) in [6.45, 7) is 4.64. The summed E-state index contributed by atoms with van der Waals surface area (Å²) in [5, 5.41) is 15.0. The Morgan fingerprint density at radius 2 is 2.08 bits per heavy atom. The second-order valence-electron chi connectivity index (χ2n) is 6.84. The molecule has 1 aromatic rings. The van der Waals surface area contributed by atoms with E-state index in [4.69, 9.17) is 0 Å². The van der Waals surface area contributed by atoms with Crippen LogP contribution >= 0.6 is 0 Å². The van der Waals surface area contributed by atoms with Crippen LogP contribution in [0.2, 0.25) is 0 Å². The van der Waals surface area contributed by atoms with Gasteiger partial charge in [-0.15, -0.1) is 0 Å². The average Bonchev–Trinajstić information content (AvgIpc) is 3.26. The number of carboxylic acid groups (broad SMARTS) is 1. The molecule has 7 nitrogen and oxygen atoms in total. The number of nitrogens with one attached hydrogen (secondary N) is 2. The van der Waals surface area contributed by atoms with Crippen molar-refractivity contribution in [3.8, 4) is 0 Å². The van der Waals surface area contributed by atoms with Crippen LogP contribution in [0.3, 0.4) is 0 Å². The van der Waals surface area contributed by atoms with E-state index in [0.717, 1.165) is 19.3 Å². The van der Waals surface area contributed by atoms with Crippen LogP contribution in [0.1, 0.15) is 62.9 Å². The first-order chi connectivity index (χ1) is 12.5. The quantitative estimate of drug-likeness (QED) is 0.626. The zero-order chi connectivity index (χ0) is 19.1. The van der Waals surface area contributed by atoms with Gasteiger partial charge in [0, 0.05) is 18.8 Å². The van der Waals surface area contributed by atoms with Gasteiger partial charge < -0.3 is 20.3 Å². The Bertz CT molecular complexity index is 640. The number of unbranched alkanes of at least 4 members (excludes halogenated alkanes) is 1. The van der Waals surface area contributed by atoms with Crippen molar-refractivity contribution in [2.75, 3.05) is 0 Å². The number of carboxylic acids is 1. The zero-order valence-electron chi connectivity index (χ0n) is 15.5. The zero-order valence-corrected chi connectivity index (χ0v) is 15.5. The SMILES string of the molecule is CCCC[C@H](NC(=O)c1cccn1CC)C(=O)N[C@H]1CCC[C@H]1C(=O)O. The summed E-state index contributed by atoms with van der Waals surface area (Å²) < 4.78 is 1.82. The van der Waals surface area contributed by atoms with Crippen LogP contribution in [0.4, 0.5) is 0 Å². The first-order valence-corrected chi connectivity index (χ1v) is 9.47. The van der Waals surface area contributed by atoms with Crippen LogP contribution in [0.15, 0.2) is 18.3 Å². The predicted octanol–water partition coefficient (Wildman–Crippen LogP) is 2.17. The van der Waals surface area contributed by atoms with E-state index < -0.39 is 17.9 Å². The average molecular weight is 363 g/mol. The van der Waals surface area contributed by atoms with Crippen LogP contribution in [0, 0.1) is 5.92 Å². The molecule has 0 radical (unpaired) electrons. The summed E-state index contributed by atoms with van der Waals surface area (Å²) in [7, 11) is 0. The summed E-state index contributed by atoms with van der Waals surface area (Å²) in [4.78, 5) is 36.6. The summed E-state index contributed by atoms with van der Waals surface area (Å²) in [5.74, 6) is -1.99. The molecule has 0 aromatic carbocycles. The topological polar surface area (TPSA) is 100 Å². The van der Waals surface area contributed by atoms with E-state index in [1.807, 2.05) is 24.6 Å². The van der Waals surface area contributed by atoms with Crippen molar-refractivity contribution >= 4 is 17.8 Å². The van der Waals surface area contributed by atoms with Gasteiger partial charge in [0.2, 0.25) is 5.91 Å². The van der Waals surface area contributed by atoms with Gasteiger partial charge in [0.05, 0.1) is 5.92 Å². The fraction of sp³-hybridized carbons (Fsp3) is 0.632. The number of amides is 2. The predicted molar refractivity (Wildman–Crippen MR) is 97.8 cm³/mol. The van der Waals surface area contributed by atoms with Crippen LogP contribution in [0.25, 0.3) is 0 Å². The van der Waals surface area contributed by atoms with E-state index in [9.17, 15) is 19.5 Å². The monoisotopic (exact) mass is 363 g/mol. The Kier molecular flexibility index (Phi) is 7.24. The number of aliphatic carboxylic acids is 1. The van der Waals surface area contributed by atoms with Crippen LogP contribution in [-0.2, 0) is 16.1 Å². The molecule has 1 aromatic heterocycles. The molecule has 26 heavy (non-hydrogen) atoms. The minimum atomic E-state index is -0.872. The Hall–Kier alpha value is -2.31. The van der Waals surface area contributed by atoms with E-state index >= 15 is 0 Å². The third-order valence-electron chi connectivity index (χ3n) is 5.03. The highest BCUT2D eigenvalue weighted by atomic mass is 16.4. The van der Waals surface area contributed by atoms with E-state index in [1.165, 1.54) is 0 Å². The maximum Gasteiger partial charge on any atom is 0.308 e. The minimum Gasteiger partial charge on any atom is -0.481 e. The molecule has 2 amide bonds. The van der Waals surface area contributed by atoms with Crippen molar-refractivity contribution in [2.45, 2.75) is 71.0 Å². The highest BCUT2D eigenvalue weighted by Crippen LogP contribution is 2.26. The largest absolute Gasteiger partial charge is 0.481 e. The lowest BCUT2D eigenvalue weighted by Gasteiger charge is -2.23. The molecule has 7 heteroatoms. The van der Waals surface area contributed by atoms with Crippen molar-refractivity contribution in [2.24, 2.45) is 5.92 Å². The first-order valence-electron chi connectivity index (χ1n) is 9.47. The molecule has 0 saturated heterocycles. The van der Waals surface area contributed by atoms with E-state index in [2.05, 4.69) is 10.6 Å². The third kappa shape index (κ3) is 4.86. The molecule has 0 bridgehead atoms. The molecular weight excluding hydrogens is 334 g/mol. The molecule has 3 N–H and O–H groups in total. The van der Waals surface area contributed by atoms with Gasteiger partial charge in [-0.3, -0.25) is 14.4 Å². The number of carbonyl (C=O) groups is 3. The number of carbonyl (C=O) groups excluding carboxylic acids is 2. The van der Waals surface area contributed by atoms with Gasteiger partial charge in [0.1, 0.15) is 11.7 Å². The Morgan fingerprint density at radius 3 is 2.73 bits per heavy atom. The fourth-order valence-electron chi connectivity index (χ4n) is 3.52. The number of nitrogens with zero attached hydrogens (tertiary/aromatic N) is 1. The van der Waals surface area contributed by atoms with Crippen LogP contribution in [-0.4, -0.2) is 39.5 Å². The Morgan fingerprint density at radius 1 is 1.31 bits per heavy atom. The van der Waals surface area contributed by atoms with Gasteiger partial charge >= 0.3 is 5.97 Å². The normalized spacial score (nSPS) is 20.5. The molecular formula is C19H29N3O4. The number of aromatic nitrogens is 1. The van der Waals surface area contributed by atoms with Crippen molar-refractivity contribution in [3.63, 3.8) is 0 Å². The van der Waals surface area contributed by atoms with E-state index in [1.54, 1.807) is 12.1 Å². The van der Waals surface area contributed by atoms with Crippen molar-refractivity contribution < 1.29 is 19.5 Å². The molecule has 144 valence electrons. The van der Waals surface area contributed by atoms with Crippen LogP contribution < -0.4 is 10.6 Å². The maximum atomic E-state index is 12.7. The molecule has 0 aliphatic heterocycles. The van der Waals surface area contributed by atoms with Gasteiger partial charge in [-0.25, -0.2) is 0 Å². The summed E-state index contributed by atoms with van der Waals surface area (Å²) in [6, 6.07) is 2.51.